The Morgan fingerprint density at radius 1 is 1.05 bits per heavy atom. The molecular formula is C14H30N2O3. The van der Waals surface area contributed by atoms with E-state index in [4.69, 9.17) is 14.2 Å². The van der Waals surface area contributed by atoms with Crippen molar-refractivity contribution in [3.63, 3.8) is 0 Å². The summed E-state index contributed by atoms with van der Waals surface area (Å²) in [6.45, 7) is 7.62. The zero-order valence-corrected chi connectivity index (χ0v) is 12.5. The summed E-state index contributed by atoms with van der Waals surface area (Å²) in [5.74, 6) is 0. The van der Waals surface area contributed by atoms with Crippen molar-refractivity contribution >= 4 is 0 Å². The van der Waals surface area contributed by atoms with Crippen LogP contribution >= 0.6 is 0 Å². The molecule has 0 atom stereocenters. The second-order valence-corrected chi connectivity index (χ2v) is 5.02. The van der Waals surface area contributed by atoms with Crippen LogP contribution in [0.3, 0.4) is 0 Å². The van der Waals surface area contributed by atoms with Gasteiger partial charge in [-0.3, -0.25) is 4.90 Å². The predicted molar refractivity (Wildman–Crippen MR) is 76.7 cm³/mol. The fourth-order valence-electron chi connectivity index (χ4n) is 2.32. The average molecular weight is 274 g/mol. The number of hydrogen-bond donors (Lipinski definition) is 1. The van der Waals surface area contributed by atoms with Crippen molar-refractivity contribution in [3.8, 4) is 0 Å². The lowest BCUT2D eigenvalue weighted by atomic mass is 10.1. The Balaban J connectivity index is 2.11. The van der Waals surface area contributed by atoms with E-state index in [0.29, 0.717) is 6.04 Å². The minimum absolute atomic E-state index is 0.636. The molecule has 0 amide bonds. The molecule has 1 aliphatic heterocycles. The highest BCUT2D eigenvalue weighted by Gasteiger charge is 2.13. The molecule has 1 aliphatic rings. The summed E-state index contributed by atoms with van der Waals surface area (Å²) in [4.78, 5) is 2.44. The molecule has 1 rings (SSSR count). The highest BCUT2D eigenvalue weighted by molar-refractivity contribution is 4.71. The maximum Gasteiger partial charge on any atom is 0.0589 e. The van der Waals surface area contributed by atoms with Crippen molar-refractivity contribution < 1.29 is 14.2 Å². The number of rotatable bonds is 11. The molecule has 0 aliphatic carbocycles. The Labute approximate surface area is 117 Å². The Bertz CT molecular complexity index is 199. The first-order chi connectivity index (χ1) is 9.36. The quantitative estimate of drug-likeness (QED) is 0.563. The van der Waals surface area contributed by atoms with Gasteiger partial charge in [0.2, 0.25) is 0 Å². The Kier molecular flexibility index (Phi) is 10.3. The zero-order valence-electron chi connectivity index (χ0n) is 12.5. The van der Waals surface area contributed by atoms with Crippen LogP contribution in [0.2, 0.25) is 0 Å². The molecule has 0 aromatic rings. The Morgan fingerprint density at radius 3 is 2.47 bits per heavy atom. The molecule has 1 N–H and O–H groups in total. The maximum absolute atomic E-state index is 5.36. The second-order valence-electron chi connectivity index (χ2n) is 5.02. The van der Waals surface area contributed by atoms with Gasteiger partial charge >= 0.3 is 0 Å². The first kappa shape index (κ1) is 16.9. The average Bonchev–Trinajstić information content (AvgIpc) is 2.45. The van der Waals surface area contributed by atoms with Gasteiger partial charge in [0.15, 0.2) is 0 Å². The molecule has 1 heterocycles. The molecule has 0 radical (unpaired) electrons. The van der Waals surface area contributed by atoms with Gasteiger partial charge in [-0.1, -0.05) is 0 Å². The van der Waals surface area contributed by atoms with Crippen LogP contribution in [0.1, 0.15) is 19.3 Å². The summed E-state index contributed by atoms with van der Waals surface area (Å²) in [7, 11) is 3.51. The van der Waals surface area contributed by atoms with Gasteiger partial charge in [0.05, 0.1) is 6.61 Å². The third-order valence-corrected chi connectivity index (χ3v) is 3.52. The van der Waals surface area contributed by atoms with E-state index in [-0.39, 0.29) is 0 Å². The molecule has 0 aromatic carbocycles. The lowest BCUT2D eigenvalue weighted by molar-refractivity contribution is 0.0764. The lowest BCUT2D eigenvalue weighted by Gasteiger charge is -2.26. The van der Waals surface area contributed by atoms with Gasteiger partial charge in [0.1, 0.15) is 0 Å². The Hall–Kier alpha value is -0.200. The number of methoxy groups -OCH3 is 2. The fourth-order valence-corrected chi connectivity index (χ4v) is 2.32. The van der Waals surface area contributed by atoms with E-state index in [1.807, 2.05) is 0 Å². The molecule has 5 heteroatoms. The fraction of sp³-hybridized carbons (Fsp3) is 1.00. The van der Waals surface area contributed by atoms with Gasteiger partial charge in [-0.05, 0) is 19.3 Å². The van der Waals surface area contributed by atoms with Crippen LogP contribution in [-0.2, 0) is 14.2 Å². The van der Waals surface area contributed by atoms with Crippen LogP contribution < -0.4 is 5.32 Å². The molecular weight excluding hydrogens is 244 g/mol. The van der Waals surface area contributed by atoms with Gasteiger partial charge in [-0.15, -0.1) is 0 Å². The van der Waals surface area contributed by atoms with Crippen LogP contribution in [0, 0.1) is 0 Å². The molecule has 0 saturated carbocycles. The minimum Gasteiger partial charge on any atom is -0.385 e. The molecule has 0 bridgehead atoms. The topological polar surface area (TPSA) is 43.0 Å². The minimum atomic E-state index is 0.636. The van der Waals surface area contributed by atoms with Crippen molar-refractivity contribution in [3.05, 3.63) is 0 Å². The first-order valence-electron chi connectivity index (χ1n) is 7.38. The smallest absolute Gasteiger partial charge is 0.0589 e. The molecule has 1 fully saturated rings. The van der Waals surface area contributed by atoms with Gasteiger partial charge in [-0.2, -0.15) is 0 Å². The predicted octanol–water partition coefficient (Wildman–Crippen LogP) is 0.740. The van der Waals surface area contributed by atoms with Crippen molar-refractivity contribution in [2.75, 3.05) is 66.8 Å². The lowest BCUT2D eigenvalue weighted by Crippen LogP contribution is -2.41. The standard InChI is InChI=1S/C14H30N2O3/c1-17-10-3-7-16(9-13-18-2)8-6-15-14-4-11-19-12-5-14/h14-15H,3-13H2,1-2H3. The molecule has 5 nitrogen and oxygen atoms in total. The van der Waals surface area contributed by atoms with Crippen molar-refractivity contribution in [2.24, 2.45) is 0 Å². The van der Waals surface area contributed by atoms with E-state index < -0.39 is 0 Å². The molecule has 0 spiro atoms. The normalized spacial score (nSPS) is 17.2. The Morgan fingerprint density at radius 2 is 1.79 bits per heavy atom. The van der Waals surface area contributed by atoms with E-state index in [1.165, 1.54) is 0 Å². The molecule has 1 saturated heterocycles. The van der Waals surface area contributed by atoms with Crippen molar-refractivity contribution in [1.82, 2.24) is 10.2 Å². The number of nitrogens with zero attached hydrogens (tertiary/aromatic N) is 1. The summed E-state index contributed by atoms with van der Waals surface area (Å²) in [5, 5.41) is 3.63. The summed E-state index contributed by atoms with van der Waals surface area (Å²) in [6.07, 6.45) is 3.36. The van der Waals surface area contributed by atoms with E-state index in [0.717, 1.165) is 71.9 Å². The van der Waals surface area contributed by atoms with Crippen molar-refractivity contribution in [1.29, 1.82) is 0 Å². The largest absolute Gasteiger partial charge is 0.385 e. The summed E-state index contributed by atoms with van der Waals surface area (Å²) < 4.78 is 15.6. The summed E-state index contributed by atoms with van der Waals surface area (Å²) in [6, 6.07) is 0.636. The van der Waals surface area contributed by atoms with Gasteiger partial charge in [-0.25, -0.2) is 0 Å². The number of ether oxygens (including phenoxy) is 3. The van der Waals surface area contributed by atoms with E-state index in [1.54, 1.807) is 14.2 Å². The highest BCUT2D eigenvalue weighted by atomic mass is 16.5. The van der Waals surface area contributed by atoms with E-state index in [2.05, 4.69) is 10.2 Å². The van der Waals surface area contributed by atoms with Gasteiger partial charge in [0, 0.05) is 66.3 Å². The first-order valence-corrected chi connectivity index (χ1v) is 7.38. The third-order valence-electron chi connectivity index (χ3n) is 3.52. The molecule has 0 unspecified atom stereocenters. The monoisotopic (exact) mass is 274 g/mol. The van der Waals surface area contributed by atoms with Crippen molar-refractivity contribution in [2.45, 2.75) is 25.3 Å². The van der Waals surface area contributed by atoms with Crippen LogP contribution in [0.15, 0.2) is 0 Å². The van der Waals surface area contributed by atoms with Crippen LogP contribution in [0.25, 0.3) is 0 Å². The molecule has 114 valence electrons. The molecule has 0 aromatic heterocycles. The molecule has 19 heavy (non-hydrogen) atoms. The zero-order chi connectivity index (χ0) is 13.8. The van der Waals surface area contributed by atoms with Crippen LogP contribution in [-0.4, -0.2) is 77.8 Å². The van der Waals surface area contributed by atoms with E-state index in [9.17, 15) is 0 Å². The highest BCUT2D eigenvalue weighted by Crippen LogP contribution is 2.05. The SMILES string of the molecule is COCCCN(CCNC1CCOCC1)CCOC. The maximum atomic E-state index is 5.36. The van der Waals surface area contributed by atoms with E-state index >= 15 is 0 Å². The number of nitrogens with one attached hydrogen (secondary N) is 1. The second kappa shape index (κ2) is 11.6. The van der Waals surface area contributed by atoms with Gasteiger partial charge in [0.25, 0.3) is 0 Å². The summed E-state index contributed by atoms with van der Waals surface area (Å²) in [5.41, 5.74) is 0. The van der Waals surface area contributed by atoms with Crippen LogP contribution in [0.5, 0.6) is 0 Å². The van der Waals surface area contributed by atoms with Gasteiger partial charge < -0.3 is 19.5 Å². The summed E-state index contributed by atoms with van der Waals surface area (Å²) >= 11 is 0. The number of hydrogen-bond acceptors (Lipinski definition) is 5. The third kappa shape index (κ3) is 8.55. The van der Waals surface area contributed by atoms with Crippen LogP contribution in [0.4, 0.5) is 0 Å².